The Balaban J connectivity index is 2.89. The highest BCUT2D eigenvalue weighted by Crippen LogP contribution is 2.08. The Morgan fingerprint density at radius 2 is 1.93 bits per heavy atom. The quantitative estimate of drug-likeness (QED) is 0.666. The number of rotatable bonds is 1. The Morgan fingerprint density at radius 3 is 2.64 bits per heavy atom. The first-order valence-corrected chi connectivity index (χ1v) is 4.38. The minimum Gasteiger partial charge on any atom is -0.312 e. The van der Waals surface area contributed by atoms with E-state index in [4.69, 9.17) is 0 Å². The van der Waals surface area contributed by atoms with Gasteiger partial charge in [0.05, 0.1) is 0 Å². The van der Waals surface area contributed by atoms with E-state index < -0.39 is 0 Å². The highest BCUT2D eigenvalue weighted by Gasteiger charge is 2.07. The van der Waals surface area contributed by atoms with Crippen LogP contribution in [-0.4, -0.2) is 19.5 Å². The fourth-order valence-corrected chi connectivity index (χ4v) is 1.28. The molecule has 14 heavy (non-hydrogen) atoms. The highest BCUT2D eigenvalue weighted by molar-refractivity contribution is 5.67. The van der Waals surface area contributed by atoms with Crippen LogP contribution in [0.2, 0.25) is 0 Å². The SMILES string of the molecule is CC(C)n1cnc(=O)c2nccnc21. The molecule has 2 aromatic heterocycles. The van der Waals surface area contributed by atoms with E-state index >= 15 is 0 Å². The van der Waals surface area contributed by atoms with Crippen molar-refractivity contribution in [3.63, 3.8) is 0 Å². The van der Waals surface area contributed by atoms with E-state index in [1.165, 1.54) is 12.5 Å². The third-order valence-corrected chi connectivity index (χ3v) is 1.98. The molecule has 0 N–H and O–H groups in total. The van der Waals surface area contributed by atoms with Gasteiger partial charge < -0.3 is 4.57 Å². The summed E-state index contributed by atoms with van der Waals surface area (Å²) in [5, 5.41) is 0. The first kappa shape index (κ1) is 8.80. The van der Waals surface area contributed by atoms with Gasteiger partial charge in [-0.05, 0) is 13.8 Å². The van der Waals surface area contributed by atoms with Crippen molar-refractivity contribution in [1.82, 2.24) is 19.5 Å². The van der Waals surface area contributed by atoms with Crippen molar-refractivity contribution in [3.8, 4) is 0 Å². The van der Waals surface area contributed by atoms with Crippen molar-refractivity contribution in [2.75, 3.05) is 0 Å². The number of fused-ring (bicyclic) bond motifs is 1. The zero-order valence-electron chi connectivity index (χ0n) is 8.01. The average molecular weight is 190 g/mol. The molecule has 0 saturated carbocycles. The molecule has 5 heteroatoms. The van der Waals surface area contributed by atoms with Crippen LogP contribution in [0.1, 0.15) is 19.9 Å². The molecule has 2 heterocycles. The summed E-state index contributed by atoms with van der Waals surface area (Å²) in [6, 6.07) is 0.210. The molecule has 0 bridgehead atoms. The highest BCUT2D eigenvalue weighted by atomic mass is 16.1. The Morgan fingerprint density at radius 1 is 1.21 bits per heavy atom. The van der Waals surface area contributed by atoms with Crippen molar-refractivity contribution < 1.29 is 0 Å². The topological polar surface area (TPSA) is 60.7 Å². The lowest BCUT2D eigenvalue weighted by Crippen LogP contribution is -2.15. The Hall–Kier alpha value is -1.78. The van der Waals surface area contributed by atoms with Gasteiger partial charge in [0, 0.05) is 18.4 Å². The Kier molecular flexibility index (Phi) is 1.99. The summed E-state index contributed by atoms with van der Waals surface area (Å²) in [5.74, 6) is 0. The Bertz CT molecular complexity index is 517. The van der Waals surface area contributed by atoms with Gasteiger partial charge in [-0.15, -0.1) is 0 Å². The maximum absolute atomic E-state index is 11.3. The largest absolute Gasteiger partial charge is 0.312 e. The van der Waals surface area contributed by atoms with E-state index in [-0.39, 0.29) is 11.6 Å². The molecule has 0 unspecified atom stereocenters. The predicted molar refractivity (Wildman–Crippen MR) is 52.0 cm³/mol. The second-order valence-electron chi connectivity index (χ2n) is 3.28. The van der Waals surface area contributed by atoms with E-state index in [0.717, 1.165) is 0 Å². The van der Waals surface area contributed by atoms with Crippen LogP contribution in [0.4, 0.5) is 0 Å². The second-order valence-corrected chi connectivity index (χ2v) is 3.28. The molecule has 0 aliphatic carbocycles. The maximum Gasteiger partial charge on any atom is 0.300 e. The summed E-state index contributed by atoms with van der Waals surface area (Å²) < 4.78 is 1.82. The molecule has 0 radical (unpaired) electrons. The van der Waals surface area contributed by atoms with Gasteiger partial charge >= 0.3 is 5.56 Å². The number of aromatic nitrogens is 4. The molecule has 0 fully saturated rings. The number of hydrogen-bond donors (Lipinski definition) is 0. The van der Waals surface area contributed by atoms with Crippen molar-refractivity contribution in [2.24, 2.45) is 0 Å². The molecule has 5 nitrogen and oxygen atoms in total. The van der Waals surface area contributed by atoms with E-state index in [9.17, 15) is 4.79 Å². The zero-order valence-corrected chi connectivity index (χ0v) is 8.01. The van der Waals surface area contributed by atoms with Gasteiger partial charge in [0.15, 0.2) is 11.2 Å². The van der Waals surface area contributed by atoms with Crippen LogP contribution in [-0.2, 0) is 0 Å². The second kappa shape index (κ2) is 3.17. The zero-order chi connectivity index (χ0) is 10.1. The molecule has 72 valence electrons. The van der Waals surface area contributed by atoms with Gasteiger partial charge in [0.1, 0.15) is 6.33 Å². The van der Waals surface area contributed by atoms with E-state index in [2.05, 4.69) is 15.0 Å². The summed E-state index contributed by atoms with van der Waals surface area (Å²) in [7, 11) is 0. The van der Waals surface area contributed by atoms with E-state index in [1.54, 1.807) is 6.20 Å². The van der Waals surface area contributed by atoms with Crippen LogP contribution >= 0.6 is 0 Å². The van der Waals surface area contributed by atoms with Crippen molar-refractivity contribution in [1.29, 1.82) is 0 Å². The molecule has 0 aliphatic heterocycles. The van der Waals surface area contributed by atoms with Crippen molar-refractivity contribution >= 4 is 11.2 Å². The van der Waals surface area contributed by atoms with Crippen LogP contribution in [0.15, 0.2) is 23.5 Å². The molecule has 2 rings (SSSR count). The summed E-state index contributed by atoms with van der Waals surface area (Å²) in [4.78, 5) is 23.1. The minimum atomic E-state index is -0.329. The number of hydrogen-bond acceptors (Lipinski definition) is 4. The third kappa shape index (κ3) is 1.26. The van der Waals surface area contributed by atoms with Crippen LogP contribution in [0.5, 0.6) is 0 Å². The maximum atomic E-state index is 11.3. The lowest BCUT2D eigenvalue weighted by atomic mass is 10.3. The molecular weight excluding hydrogens is 180 g/mol. The van der Waals surface area contributed by atoms with Gasteiger partial charge in [-0.1, -0.05) is 0 Å². The molecule has 0 saturated heterocycles. The molecule has 0 amide bonds. The van der Waals surface area contributed by atoms with E-state index in [1.807, 2.05) is 18.4 Å². The average Bonchev–Trinajstić information content (AvgIpc) is 2.18. The van der Waals surface area contributed by atoms with Gasteiger partial charge in [-0.2, -0.15) is 4.98 Å². The molecule has 0 spiro atoms. The molecule has 0 atom stereocenters. The van der Waals surface area contributed by atoms with Crippen LogP contribution in [0.3, 0.4) is 0 Å². The summed E-state index contributed by atoms with van der Waals surface area (Å²) in [5.41, 5.74) is 0.580. The molecular formula is C9H10N4O. The van der Waals surface area contributed by atoms with Crippen LogP contribution in [0.25, 0.3) is 11.2 Å². The third-order valence-electron chi connectivity index (χ3n) is 1.98. The molecule has 0 aliphatic rings. The Labute approximate surface area is 80.5 Å². The summed E-state index contributed by atoms with van der Waals surface area (Å²) >= 11 is 0. The van der Waals surface area contributed by atoms with Crippen LogP contribution in [0, 0.1) is 0 Å². The van der Waals surface area contributed by atoms with Gasteiger partial charge in [0.2, 0.25) is 0 Å². The minimum absolute atomic E-state index is 0.210. The molecule has 0 aromatic carbocycles. The smallest absolute Gasteiger partial charge is 0.300 e. The normalized spacial score (nSPS) is 11.1. The van der Waals surface area contributed by atoms with Crippen molar-refractivity contribution in [3.05, 3.63) is 29.1 Å². The molecule has 2 aromatic rings. The summed E-state index contributed by atoms with van der Waals surface area (Å²) in [6.45, 7) is 4.00. The van der Waals surface area contributed by atoms with Crippen LogP contribution < -0.4 is 5.56 Å². The number of nitrogens with zero attached hydrogens (tertiary/aromatic N) is 4. The van der Waals surface area contributed by atoms with Gasteiger partial charge in [-0.3, -0.25) is 4.79 Å². The van der Waals surface area contributed by atoms with Crippen molar-refractivity contribution in [2.45, 2.75) is 19.9 Å². The monoisotopic (exact) mass is 190 g/mol. The van der Waals surface area contributed by atoms with Gasteiger partial charge in [0.25, 0.3) is 0 Å². The standard InChI is InChI=1S/C9H10N4O/c1-6(2)13-5-12-9(14)7-8(13)11-4-3-10-7/h3-6H,1-2H3. The lowest BCUT2D eigenvalue weighted by molar-refractivity contribution is 0.600. The van der Waals surface area contributed by atoms with Gasteiger partial charge in [-0.25, -0.2) is 9.97 Å². The lowest BCUT2D eigenvalue weighted by Gasteiger charge is -2.11. The fraction of sp³-hybridized carbons (Fsp3) is 0.333. The van der Waals surface area contributed by atoms with E-state index in [0.29, 0.717) is 11.2 Å². The summed E-state index contributed by atoms with van der Waals surface area (Å²) in [6.07, 6.45) is 4.57. The predicted octanol–water partition coefficient (Wildman–Crippen LogP) is 0.767. The first-order chi connectivity index (χ1) is 6.70. The fourth-order valence-electron chi connectivity index (χ4n) is 1.28. The first-order valence-electron chi connectivity index (χ1n) is 4.38.